The first-order valence-electron chi connectivity index (χ1n) is 8.58. The molecule has 0 aliphatic carbocycles. The van der Waals surface area contributed by atoms with E-state index in [1.165, 1.54) is 18.2 Å². The quantitative estimate of drug-likeness (QED) is 0.651. The second-order valence-corrected chi connectivity index (χ2v) is 8.22. The molecule has 27 heavy (non-hydrogen) atoms. The summed E-state index contributed by atoms with van der Waals surface area (Å²) in [4.78, 5) is 12.3. The van der Waals surface area contributed by atoms with Crippen molar-refractivity contribution < 1.29 is 13.2 Å². The zero-order valence-corrected chi connectivity index (χ0v) is 16.8. The molecular formula is C19H24ClN3O3S. The molecular weight excluding hydrogens is 386 g/mol. The standard InChI is InChI=1S/C19H23N3O3S.ClH/c1-20-26(24,25)18-7-3-14(4-8-18)5-9-19(23)22-11-15-2-6-16-12-21-13-17(16)10-15;/h2-4,6-8,10,20-21H,5,9,11-13H2,1H3,(H,22,23);1H. The molecule has 3 rings (SSSR count). The van der Waals surface area contributed by atoms with Crippen LogP contribution in [0.5, 0.6) is 0 Å². The minimum atomic E-state index is -3.42. The van der Waals surface area contributed by atoms with E-state index < -0.39 is 10.0 Å². The summed E-state index contributed by atoms with van der Waals surface area (Å²) in [6.45, 7) is 2.32. The van der Waals surface area contributed by atoms with Gasteiger partial charge >= 0.3 is 0 Å². The molecule has 8 heteroatoms. The van der Waals surface area contributed by atoms with Crippen LogP contribution in [-0.2, 0) is 40.9 Å². The molecule has 0 unspecified atom stereocenters. The number of hydrogen-bond acceptors (Lipinski definition) is 4. The zero-order chi connectivity index (χ0) is 18.6. The fraction of sp³-hybridized carbons (Fsp3) is 0.316. The minimum Gasteiger partial charge on any atom is -0.352 e. The van der Waals surface area contributed by atoms with Crippen LogP contribution < -0.4 is 15.4 Å². The van der Waals surface area contributed by atoms with Crippen molar-refractivity contribution in [3.63, 3.8) is 0 Å². The van der Waals surface area contributed by atoms with Gasteiger partial charge in [0.05, 0.1) is 4.90 Å². The molecule has 146 valence electrons. The number of carbonyl (C=O) groups is 1. The summed E-state index contributed by atoms with van der Waals surface area (Å²) in [6, 6.07) is 12.9. The lowest BCUT2D eigenvalue weighted by Gasteiger charge is -2.08. The molecule has 1 aliphatic rings. The lowest BCUT2D eigenvalue weighted by molar-refractivity contribution is -0.121. The van der Waals surface area contributed by atoms with Gasteiger partial charge in [0, 0.05) is 26.1 Å². The van der Waals surface area contributed by atoms with Gasteiger partial charge in [-0.15, -0.1) is 12.4 Å². The smallest absolute Gasteiger partial charge is 0.240 e. The van der Waals surface area contributed by atoms with Crippen LogP contribution >= 0.6 is 12.4 Å². The van der Waals surface area contributed by atoms with E-state index in [4.69, 9.17) is 0 Å². The van der Waals surface area contributed by atoms with Crippen molar-refractivity contribution in [1.82, 2.24) is 15.4 Å². The average Bonchev–Trinajstić information content (AvgIpc) is 3.13. The molecule has 1 aliphatic heterocycles. The average molecular weight is 410 g/mol. The summed E-state index contributed by atoms with van der Waals surface area (Å²) < 4.78 is 25.7. The first kappa shape index (κ1) is 21.4. The van der Waals surface area contributed by atoms with Gasteiger partial charge in [-0.2, -0.15) is 0 Å². The summed E-state index contributed by atoms with van der Waals surface area (Å²) >= 11 is 0. The first-order valence-corrected chi connectivity index (χ1v) is 10.1. The third-order valence-corrected chi connectivity index (χ3v) is 5.96. The van der Waals surface area contributed by atoms with Crippen molar-refractivity contribution in [3.8, 4) is 0 Å². The van der Waals surface area contributed by atoms with Gasteiger partial charge in [-0.3, -0.25) is 4.79 Å². The van der Waals surface area contributed by atoms with Gasteiger partial charge in [-0.25, -0.2) is 13.1 Å². The van der Waals surface area contributed by atoms with Crippen LogP contribution in [-0.4, -0.2) is 21.4 Å². The molecule has 0 radical (unpaired) electrons. The maximum Gasteiger partial charge on any atom is 0.240 e. The largest absolute Gasteiger partial charge is 0.352 e. The monoisotopic (exact) mass is 409 g/mol. The first-order chi connectivity index (χ1) is 12.5. The number of halogens is 1. The lowest BCUT2D eigenvalue weighted by Crippen LogP contribution is -2.23. The summed E-state index contributed by atoms with van der Waals surface area (Å²) in [5.74, 6) is -0.0180. The zero-order valence-electron chi connectivity index (χ0n) is 15.1. The number of hydrogen-bond donors (Lipinski definition) is 3. The van der Waals surface area contributed by atoms with E-state index in [0.29, 0.717) is 19.4 Å². The Morgan fingerprint density at radius 2 is 1.70 bits per heavy atom. The van der Waals surface area contributed by atoms with E-state index in [2.05, 4.69) is 27.5 Å². The number of benzene rings is 2. The summed E-state index contributed by atoms with van der Waals surface area (Å²) in [6.07, 6.45) is 0.935. The highest BCUT2D eigenvalue weighted by Crippen LogP contribution is 2.17. The molecule has 0 spiro atoms. The van der Waals surface area contributed by atoms with E-state index in [9.17, 15) is 13.2 Å². The van der Waals surface area contributed by atoms with Gasteiger partial charge in [0.2, 0.25) is 15.9 Å². The molecule has 1 heterocycles. The van der Waals surface area contributed by atoms with Gasteiger partial charge in [0.15, 0.2) is 0 Å². The Bertz CT molecular complexity index is 899. The van der Waals surface area contributed by atoms with E-state index in [0.717, 1.165) is 24.2 Å². The summed E-state index contributed by atoms with van der Waals surface area (Å²) in [5, 5.41) is 6.25. The van der Waals surface area contributed by atoms with Crippen molar-refractivity contribution in [2.75, 3.05) is 7.05 Å². The molecule has 0 aromatic heterocycles. The Kier molecular flexibility index (Phi) is 7.38. The molecule has 0 atom stereocenters. The van der Waals surface area contributed by atoms with Crippen LogP contribution in [0.3, 0.4) is 0 Å². The SMILES string of the molecule is CNS(=O)(=O)c1ccc(CCC(=O)NCc2ccc3c(c2)CNC3)cc1.Cl. The van der Waals surface area contributed by atoms with Crippen LogP contribution in [0.4, 0.5) is 0 Å². The van der Waals surface area contributed by atoms with Crippen LogP contribution in [0.15, 0.2) is 47.4 Å². The topological polar surface area (TPSA) is 87.3 Å². The van der Waals surface area contributed by atoms with Crippen LogP contribution in [0, 0.1) is 0 Å². The summed E-state index contributed by atoms with van der Waals surface area (Å²) in [5.41, 5.74) is 4.65. The Hall–Kier alpha value is -1.93. The fourth-order valence-corrected chi connectivity index (χ4v) is 3.69. The molecule has 0 fully saturated rings. The Morgan fingerprint density at radius 3 is 2.41 bits per heavy atom. The van der Waals surface area contributed by atoms with Crippen LogP contribution in [0.25, 0.3) is 0 Å². The van der Waals surface area contributed by atoms with Gasteiger partial charge in [0.25, 0.3) is 0 Å². The normalized spacial score (nSPS) is 12.9. The number of fused-ring (bicyclic) bond motifs is 1. The Balaban J connectivity index is 0.00000261. The predicted octanol–water partition coefficient (Wildman–Crippen LogP) is 1.87. The number of sulfonamides is 1. The van der Waals surface area contributed by atoms with E-state index in [-0.39, 0.29) is 23.2 Å². The van der Waals surface area contributed by atoms with Gasteiger partial charge in [0.1, 0.15) is 0 Å². The van der Waals surface area contributed by atoms with Gasteiger partial charge in [-0.05, 0) is 47.9 Å². The van der Waals surface area contributed by atoms with E-state index >= 15 is 0 Å². The van der Waals surface area contributed by atoms with Crippen molar-refractivity contribution in [1.29, 1.82) is 0 Å². The molecule has 0 saturated heterocycles. The predicted molar refractivity (Wildman–Crippen MR) is 107 cm³/mol. The lowest BCUT2D eigenvalue weighted by atomic mass is 10.1. The number of aryl methyl sites for hydroxylation is 1. The number of carbonyl (C=O) groups excluding carboxylic acids is 1. The third kappa shape index (κ3) is 5.52. The molecule has 0 bridgehead atoms. The van der Waals surface area contributed by atoms with Crippen molar-refractivity contribution in [3.05, 3.63) is 64.7 Å². The molecule has 1 amide bonds. The third-order valence-electron chi connectivity index (χ3n) is 4.53. The highest BCUT2D eigenvalue weighted by atomic mass is 35.5. The highest BCUT2D eigenvalue weighted by molar-refractivity contribution is 7.89. The van der Waals surface area contributed by atoms with Gasteiger partial charge < -0.3 is 10.6 Å². The van der Waals surface area contributed by atoms with Crippen LogP contribution in [0.2, 0.25) is 0 Å². The van der Waals surface area contributed by atoms with Crippen LogP contribution in [0.1, 0.15) is 28.7 Å². The second kappa shape index (κ2) is 9.32. The van der Waals surface area contributed by atoms with Crippen molar-refractivity contribution in [2.45, 2.75) is 37.4 Å². The molecule has 6 nitrogen and oxygen atoms in total. The van der Waals surface area contributed by atoms with Crippen molar-refractivity contribution >= 4 is 28.3 Å². The molecule has 2 aromatic carbocycles. The van der Waals surface area contributed by atoms with E-state index in [1.807, 2.05) is 6.07 Å². The van der Waals surface area contributed by atoms with Crippen molar-refractivity contribution in [2.24, 2.45) is 0 Å². The maximum absolute atomic E-state index is 12.1. The summed E-state index contributed by atoms with van der Waals surface area (Å²) in [7, 11) is -2.04. The molecule has 2 aromatic rings. The molecule has 3 N–H and O–H groups in total. The maximum atomic E-state index is 12.1. The molecule has 0 saturated carbocycles. The number of rotatable bonds is 7. The van der Waals surface area contributed by atoms with E-state index in [1.54, 1.807) is 24.3 Å². The Morgan fingerprint density at radius 1 is 1.04 bits per heavy atom. The fourth-order valence-electron chi connectivity index (χ4n) is 2.96. The Labute approximate surface area is 166 Å². The highest BCUT2D eigenvalue weighted by Gasteiger charge is 2.12. The number of amides is 1. The minimum absolute atomic E-state index is 0. The second-order valence-electron chi connectivity index (χ2n) is 6.33. The van der Waals surface area contributed by atoms with Gasteiger partial charge in [-0.1, -0.05) is 30.3 Å². The number of nitrogens with one attached hydrogen (secondary N) is 3.